The first-order chi connectivity index (χ1) is 11.3. The topological polar surface area (TPSA) is 77.3 Å². The zero-order valence-corrected chi connectivity index (χ0v) is 12.1. The van der Waals surface area contributed by atoms with E-state index in [2.05, 4.69) is 4.98 Å². The summed E-state index contributed by atoms with van der Waals surface area (Å²) in [6.07, 6.45) is -3.88. The van der Waals surface area contributed by atoms with Crippen molar-refractivity contribution in [2.24, 2.45) is 5.73 Å². The molecule has 0 aliphatic heterocycles. The van der Waals surface area contributed by atoms with E-state index in [1.165, 1.54) is 18.3 Å². The molecule has 5 nitrogen and oxygen atoms in total. The zero-order chi connectivity index (χ0) is 17.3. The van der Waals surface area contributed by atoms with Gasteiger partial charge in [0, 0.05) is 17.1 Å². The predicted octanol–water partition coefficient (Wildman–Crippen LogP) is 4.44. The fourth-order valence-electron chi connectivity index (χ4n) is 2.18. The molecule has 2 aromatic carbocycles. The number of fused-ring (bicyclic) bond motifs is 1. The first-order valence-corrected chi connectivity index (χ1v) is 6.76. The molecule has 3 aromatic rings. The summed E-state index contributed by atoms with van der Waals surface area (Å²) < 4.78 is 48.0. The minimum absolute atomic E-state index is 0.232. The molecule has 0 unspecified atom stereocenters. The van der Waals surface area contributed by atoms with Crippen molar-refractivity contribution >= 4 is 17.0 Å². The van der Waals surface area contributed by atoms with Crippen LogP contribution < -0.4 is 15.2 Å². The van der Waals surface area contributed by atoms with Gasteiger partial charge in [0.05, 0.1) is 5.56 Å². The third-order valence-electron chi connectivity index (χ3n) is 3.24. The lowest BCUT2D eigenvalue weighted by Crippen LogP contribution is -2.15. The van der Waals surface area contributed by atoms with Gasteiger partial charge in [0.2, 0.25) is 0 Å². The molecule has 0 aliphatic carbocycles. The Labute approximate surface area is 133 Å². The summed E-state index contributed by atoms with van der Waals surface area (Å²) in [5, 5.41) is 0.554. The number of H-pyrrole nitrogens is 1. The number of nitrogens with two attached hydrogens (primary N) is 1. The molecule has 0 bridgehead atoms. The number of primary amides is 1. The lowest BCUT2D eigenvalue weighted by atomic mass is 10.2. The molecular weight excluding hydrogens is 325 g/mol. The van der Waals surface area contributed by atoms with Crippen molar-refractivity contribution in [1.29, 1.82) is 0 Å². The summed E-state index contributed by atoms with van der Waals surface area (Å²) in [4.78, 5) is 13.8. The van der Waals surface area contributed by atoms with E-state index in [1.807, 2.05) is 0 Å². The molecule has 1 amide bonds. The summed E-state index contributed by atoms with van der Waals surface area (Å²) in [6.45, 7) is 0. The van der Waals surface area contributed by atoms with Gasteiger partial charge in [0.1, 0.15) is 11.5 Å². The predicted molar refractivity (Wildman–Crippen MR) is 80.0 cm³/mol. The van der Waals surface area contributed by atoms with Crippen molar-refractivity contribution in [3.8, 4) is 17.2 Å². The summed E-state index contributed by atoms with van der Waals surface area (Å²) in [5.41, 5.74) is 4.92. The Morgan fingerprint density at radius 2 is 1.71 bits per heavy atom. The minimum Gasteiger partial charge on any atom is -0.457 e. The van der Waals surface area contributed by atoms with E-state index in [1.54, 1.807) is 18.2 Å². The fraction of sp³-hybridized carbons (Fsp3) is 0.0625. The van der Waals surface area contributed by atoms with Crippen LogP contribution in [0.1, 0.15) is 5.56 Å². The van der Waals surface area contributed by atoms with Crippen molar-refractivity contribution in [3.63, 3.8) is 0 Å². The highest BCUT2D eigenvalue weighted by Crippen LogP contribution is 2.33. The van der Waals surface area contributed by atoms with Gasteiger partial charge in [-0.15, -0.1) is 0 Å². The molecule has 24 heavy (non-hydrogen) atoms. The number of aromatic amines is 1. The van der Waals surface area contributed by atoms with Gasteiger partial charge in [-0.25, -0.2) is 4.79 Å². The fourth-order valence-corrected chi connectivity index (χ4v) is 2.18. The number of amides is 1. The Bertz CT molecular complexity index is 886. The number of aromatic nitrogens is 1. The van der Waals surface area contributed by atoms with Crippen LogP contribution >= 0.6 is 0 Å². The van der Waals surface area contributed by atoms with Crippen LogP contribution in [0, 0.1) is 0 Å². The second-order valence-electron chi connectivity index (χ2n) is 4.91. The van der Waals surface area contributed by atoms with Gasteiger partial charge in [0.25, 0.3) is 0 Å². The van der Waals surface area contributed by atoms with E-state index in [0.29, 0.717) is 16.7 Å². The average Bonchev–Trinajstić information content (AvgIpc) is 2.89. The molecule has 0 spiro atoms. The van der Waals surface area contributed by atoms with Gasteiger partial charge in [0.15, 0.2) is 5.75 Å². The van der Waals surface area contributed by atoms with E-state index in [0.717, 1.165) is 12.1 Å². The largest absolute Gasteiger partial charge is 0.457 e. The highest BCUT2D eigenvalue weighted by Gasteiger charge is 2.30. The smallest absolute Gasteiger partial charge is 0.416 e. The van der Waals surface area contributed by atoms with Crippen molar-refractivity contribution < 1.29 is 27.4 Å². The normalized spacial score (nSPS) is 11.5. The molecule has 0 radical (unpaired) electrons. The summed E-state index contributed by atoms with van der Waals surface area (Å²) in [6, 6.07) is 9.22. The summed E-state index contributed by atoms with van der Waals surface area (Å²) >= 11 is 0. The number of halogens is 3. The number of benzene rings is 2. The quantitative estimate of drug-likeness (QED) is 0.742. The van der Waals surface area contributed by atoms with Crippen LogP contribution in [0.2, 0.25) is 0 Å². The van der Waals surface area contributed by atoms with Crippen LogP contribution in [0.3, 0.4) is 0 Å². The molecule has 1 heterocycles. The van der Waals surface area contributed by atoms with Crippen molar-refractivity contribution in [1.82, 2.24) is 4.98 Å². The van der Waals surface area contributed by atoms with Crippen LogP contribution in [0.4, 0.5) is 18.0 Å². The van der Waals surface area contributed by atoms with E-state index in [9.17, 15) is 18.0 Å². The molecule has 3 N–H and O–H groups in total. The zero-order valence-electron chi connectivity index (χ0n) is 12.1. The van der Waals surface area contributed by atoms with Gasteiger partial charge in [-0.3, -0.25) is 0 Å². The maximum Gasteiger partial charge on any atom is 0.416 e. The molecule has 0 saturated heterocycles. The SMILES string of the molecule is NC(=O)Oc1c[nH]c2ccc(Oc3ccc(C(F)(F)F)cc3)cc12. The monoisotopic (exact) mass is 336 g/mol. The number of nitrogens with one attached hydrogen (secondary N) is 1. The first kappa shape index (κ1) is 15.7. The van der Waals surface area contributed by atoms with Gasteiger partial charge < -0.3 is 20.2 Å². The lowest BCUT2D eigenvalue weighted by Gasteiger charge is -2.09. The maximum atomic E-state index is 12.5. The summed E-state index contributed by atoms with van der Waals surface area (Å²) in [7, 11) is 0. The average molecular weight is 336 g/mol. The Morgan fingerprint density at radius 1 is 1.04 bits per heavy atom. The standard InChI is InChI=1S/C16H11F3N2O3/c17-16(18,19)9-1-3-10(4-2-9)23-11-5-6-13-12(7-11)14(8-21-13)24-15(20)22/h1-8,21H,(H2,20,22). The summed E-state index contributed by atoms with van der Waals surface area (Å²) in [5.74, 6) is 0.849. The lowest BCUT2D eigenvalue weighted by molar-refractivity contribution is -0.137. The Morgan fingerprint density at radius 3 is 2.33 bits per heavy atom. The molecule has 1 aromatic heterocycles. The van der Waals surface area contributed by atoms with Crippen molar-refractivity contribution in [2.75, 3.05) is 0 Å². The van der Waals surface area contributed by atoms with Gasteiger partial charge >= 0.3 is 12.3 Å². The number of hydrogen-bond acceptors (Lipinski definition) is 3. The molecular formula is C16H11F3N2O3. The van der Waals surface area contributed by atoms with Gasteiger partial charge in [-0.1, -0.05) is 0 Å². The molecule has 0 saturated carbocycles. The second-order valence-corrected chi connectivity index (χ2v) is 4.91. The van der Waals surface area contributed by atoms with Crippen LogP contribution in [-0.4, -0.2) is 11.1 Å². The number of carbonyl (C=O) groups excluding carboxylic acids is 1. The van der Waals surface area contributed by atoms with E-state index in [-0.39, 0.29) is 11.5 Å². The van der Waals surface area contributed by atoms with Crippen LogP contribution in [0.5, 0.6) is 17.2 Å². The van der Waals surface area contributed by atoms with Gasteiger partial charge in [-0.2, -0.15) is 13.2 Å². The minimum atomic E-state index is -4.40. The van der Waals surface area contributed by atoms with E-state index >= 15 is 0 Å². The third kappa shape index (κ3) is 3.27. The first-order valence-electron chi connectivity index (χ1n) is 6.76. The van der Waals surface area contributed by atoms with Crippen LogP contribution in [0.25, 0.3) is 10.9 Å². The van der Waals surface area contributed by atoms with E-state index in [4.69, 9.17) is 15.2 Å². The molecule has 0 atom stereocenters. The number of hydrogen-bond donors (Lipinski definition) is 2. The number of carbonyl (C=O) groups is 1. The highest BCUT2D eigenvalue weighted by atomic mass is 19.4. The molecule has 3 rings (SSSR count). The Hall–Kier alpha value is -3.16. The highest BCUT2D eigenvalue weighted by molar-refractivity contribution is 5.89. The Balaban J connectivity index is 1.86. The van der Waals surface area contributed by atoms with E-state index < -0.39 is 17.8 Å². The molecule has 0 aliphatic rings. The molecule has 124 valence electrons. The van der Waals surface area contributed by atoms with Crippen LogP contribution in [-0.2, 0) is 6.18 Å². The number of ether oxygens (including phenoxy) is 2. The number of alkyl halides is 3. The van der Waals surface area contributed by atoms with Crippen molar-refractivity contribution in [3.05, 3.63) is 54.2 Å². The van der Waals surface area contributed by atoms with Gasteiger partial charge in [-0.05, 0) is 42.5 Å². The number of rotatable bonds is 3. The van der Waals surface area contributed by atoms with Crippen molar-refractivity contribution in [2.45, 2.75) is 6.18 Å². The second kappa shape index (κ2) is 5.80. The Kier molecular flexibility index (Phi) is 3.80. The van der Waals surface area contributed by atoms with Crippen LogP contribution in [0.15, 0.2) is 48.7 Å². The molecule has 8 heteroatoms. The third-order valence-corrected chi connectivity index (χ3v) is 3.24. The molecule has 0 fully saturated rings. The maximum absolute atomic E-state index is 12.5.